The Morgan fingerprint density at radius 1 is 1.17 bits per heavy atom. The zero-order valence-electron chi connectivity index (χ0n) is 11.8. The number of benzene rings is 1. The molecule has 1 unspecified atom stereocenters. The molecule has 0 radical (unpaired) electrons. The summed E-state index contributed by atoms with van der Waals surface area (Å²) in [7, 11) is 0. The molecule has 0 bridgehead atoms. The molecule has 0 aliphatic heterocycles. The average molecular weight is 251 g/mol. The summed E-state index contributed by atoms with van der Waals surface area (Å²) >= 11 is 0. The van der Waals surface area contributed by atoms with Gasteiger partial charge in [-0.25, -0.2) is 0 Å². The van der Waals surface area contributed by atoms with Gasteiger partial charge in [0, 0.05) is 12.0 Å². The molecule has 0 aliphatic rings. The van der Waals surface area contributed by atoms with Crippen LogP contribution in [0, 0.1) is 0 Å². The van der Waals surface area contributed by atoms with E-state index in [-0.39, 0.29) is 11.3 Å². The fraction of sp³-hybridized carbons (Fsp3) is 0.600. The second-order valence-electron chi connectivity index (χ2n) is 6.27. The highest BCUT2D eigenvalue weighted by molar-refractivity contribution is 5.28. The highest BCUT2D eigenvalue weighted by atomic mass is 16.3. The number of nitrogens with one attached hydrogen (secondary N) is 1. The Hall–Kier alpha value is -1.06. The average Bonchev–Trinajstić information content (AvgIpc) is 2.13. The molecule has 18 heavy (non-hydrogen) atoms. The number of hydrogen-bond donors (Lipinski definition) is 3. The van der Waals surface area contributed by atoms with Gasteiger partial charge in [0.25, 0.3) is 0 Å². The molecular weight excluding hydrogens is 226 g/mol. The van der Waals surface area contributed by atoms with Gasteiger partial charge in [0.15, 0.2) is 0 Å². The minimum atomic E-state index is -0.758. The van der Waals surface area contributed by atoms with Crippen molar-refractivity contribution in [3.8, 4) is 5.75 Å². The summed E-state index contributed by atoms with van der Waals surface area (Å²) in [4.78, 5) is 0. The van der Waals surface area contributed by atoms with Gasteiger partial charge in [0.2, 0.25) is 0 Å². The predicted molar refractivity (Wildman–Crippen MR) is 74.8 cm³/mol. The van der Waals surface area contributed by atoms with Crippen molar-refractivity contribution in [2.24, 2.45) is 0 Å². The molecule has 0 aliphatic carbocycles. The van der Waals surface area contributed by atoms with Gasteiger partial charge in [0.1, 0.15) is 5.75 Å². The third-order valence-electron chi connectivity index (χ3n) is 2.81. The van der Waals surface area contributed by atoms with Crippen LogP contribution in [-0.2, 0) is 6.42 Å². The molecule has 3 nitrogen and oxygen atoms in total. The SMILES string of the molecule is CC(O)(CCNC(C)(C)C)Cc1cccc(O)c1. The van der Waals surface area contributed by atoms with Crippen molar-refractivity contribution in [3.05, 3.63) is 29.8 Å². The van der Waals surface area contributed by atoms with E-state index in [1.165, 1.54) is 0 Å². The summed E-state index contributed by atoms with van der Waals surface area (Å²) in [5, 5.41) is 23.1. The Bertz CT molecular complexity index is 380. The lowest BCUT2D eigenvalue weighted by atomic mass is 9.93. The molecule has 1 atom stereocenters. The van der Waals surface area contributed by atoms with Crippen LogP contribution >= 0.6 is 0 Å². The Balaban J connectivity index is 2.49. The third kappa shape index (κ3) is 6.03. The van der Waals surface area contributed by atoms with Gasteiger partial charge in [-0.2, -0.15) is 0 Å². The first-order valence-corrected chi connectivity index (χ1v) is 6.43. The molecular formula is C15H25NO2. The van der Waals surface area contributed by atoms with Crippen molar-refractivity contribution in [1.82, 2.24) is 5.32 Å². The molecule has 102 valence electrons. The van der Waals surface area contributed by atoms with Crippen LogP contribution in [0.25, 0.3) is 0 Å². The predicted octanol–water partition coefficient (Wildman–Crippen LogP) is 2.46. The van der Waals surface area contributed by atoms with E-state index in [0.29, 0.717) is 12.8 Å². The lowest BCUT2D eigenvalue weighted by molar-refractivity contribution is 0.0499. The Kier molecular flexibility index (Phi) is 4.77. The van der Waals surface area contributed by atoms with Crippen molar-refractivity contribution < 1.29 is 10.2 Å². The highest BCUT2D eigenvalue weighted by Gasteiger charge is 2.21. The maximum absolute atomic E-state index is 10.3. The normalized spacial score (nSPS) is 15.4. The minimum absolute atomic E-state index is 0.0705. The van der Waals surface area contributed by atoms with E-state index in [2.05, 4.69) is 26.1 Å². The van der Waals surface area contributed by atoms with Crippen molar-refractivity contribution >= 4 is 0 Å². The maximum Gasteiger partial charge on any atom is 0.115 e. The third-order valence-corrected chi connectivity index (χ3v) is 2.81. The van der Waals surface area contributed by atoms with Gasteiger partial charge < -0.3 is 15.5 Å². The molecule has 0 fully saturated rings. The number of hydrogen-bond acceptors (Lipinski definition) is 3. The molecule has 0 heterocycles. The summed E-state index contributed by atoms with van der Waals surface area (Å²) in [6.07, 6.45) is 1.23. The standard InChI is InChI=1S/C15H25NO2/c1-14(2,3)16-9-8-15(4,18)11-12-6-5-7-13(17)10-12/h5-7,10,16-18H,8-9,11H2,1-4H3. The number of aromatic hydroxyl groups is 1. The maximum atomic E-state index is 10.3. The van der Waals surface area contributed by atoms with E-state index >= 15 is 0 Å². The largest absolute Gasteiger partial charge is 0.508 e. The molecule has 0 spiro atoms. The number of phenolic OH excluding ortho intramolecular Hbond substituents is 1. The van der Waals surface area contributed by atoms with Crippen LogP contribution in [0.2, 0.25) is 0 Å². The van der Waals surface area contributed by atoms with Gasteiger partial charge in [-0.15, -0.1) is 0 Å². The van der Waals surface area contributed by atoms with Gasteiger partial charge in [0.05, 0.1) is 5.60 Å². The first kappa shape index (κ1) is 15.0. The molecule has 3 N–H and O–H groups in total. The van der Waals surface area contributed by atoms with Crippen molar-refractivity contribution in [1.29, 1.82) is 0 Å². The summed E-state index contributed by atoms with van der Waals surface area (Å²) in [6.45, 7) is 8.93. The molecule has 1 rings (SSSR count). The van der Waals surface area contributed by atoms with Crippen LogP contribution in [0.5, 0.6) is 5.75 Å². The summed E-state index contributed by atoms with van der Waals surface area (Å²) in [6, 6.07) is 7.06. The zero-order valence-corrected chi connectivity index (χ0v) is 11.8. The lowest BCUT2D eigenvalue weighted by Crippen LogP contribution is -2.40. The van der Waals surface area contributed by atoms with Crippen LogP contribution in [0.4, 0.5) is 0 Å². The van der Waals surface area contributed by atoms with Gasteiger partial charge in [-0.3, -0.25) is 0 Å². The van der Waals surface area contributed by atoms with E-state index in [1.807, 2.05) is 13.0 Å². The zero-order chi connectivity index (χ0) is 13.8. The van der Waals surface area contributed by atoms with Crippen LogP contribution in [0.1, 0.15) is 39.7 Å². The number of phenols is 1. The van der Waals surface area contributed by atoms with Crippen molar-refractivity contribution in [2.45, 2.75) is 51.7 Å². The molecule has 0 saturated carbocycles. The van der Waals surface area contributed by atoms with Crippen molar-refractivity contribution in [3.63, 3.8) is 0 Å². The Morgan fingerprint density at radius 3 is 2.39 bits per heavy atom. The Labute approximate surface area is 110 Å². The molecule has 3 heteroatoms. The van der Waals surface area contributed by atoms with E-state index in [4.69, 9.17) is 0 Å². The van der Waals surface area contributed by atoms with Crippen LogP contribution in [0.15, 0.2) is 24.3 Å². The van der Waals surface area contributed by atoms with E-state index in [9.17, 15) is 10.2 Å². The fourth-order valence-electron chi connectivity index (χ4n) is 1.90. The summed E-state index contributed by atoms with van der Waals surface area (Å²) < 4.78 is 0. The van der Waals surface area contributed by atoms with Gasteiger partial charge in [-0.05, 0) is 58.4 Å². The monoisotopic (exact) mass is 251 g/mol. The van der Waals surface area contributed by atoms with E-state index in [0.717, 1.165) is 12.1 Å². The minimum Gasteiger partial charge on any atom is -0.508 e. The van der Waals surface area contributed by atoms with E-state index in [1.54, 1.807) is 18.2 Å². The smallest absolute Gasteiger partial charge is 0.115 e. The highest BCUT2D eigenvalue weighted by Crippen LogP contribution is 2.19. The topological polar surface area (TPSA) is 52.5 Å². The van der Waals surface area contributed by atoms with Gasteiger partial charge in [-0.1, -0.05) is 12.1 Å². The molecule has 0 aromatic heterocycles. The lowest BCUT2D eigenvalue weighted by Gasteiger charge is -2.27. The number of rotatable bonds is 5. The van der Waals surface area contributed by atoms with Gasteiger partial charge >= 0.3 is 0 Å². The first-order chi connectivity index (χ1) is 8.18. The van der Waals surface area contributed by atoms with Crippen LogP contribution < -0.4 is 5.32 Å². The second-order valence-corrected chi connectivity index (χ2v) is 6.27. The molecule has 0 amide bonds. The molecule has 0 saturated heterocycles. The summed E-state index contributed by atoms with van der Waals surface area (Å²) in [5.41, 5.74) is 0.267. The number of aliphatic hydroxyl groups is 1. The van der Waals surface area contributed by atoms with Crippen molar-refractivity contribution in [2.75, 3.05) is 6.54 Å². The molecule has 1 aromatic rings. The molecule has 1 aromatic carbocycles. The first-order valence-electron chi connectivity index (χ1n) is 6.43. The van der Waals surface area contributed by atoms with Crippen LogP contribution in [-0.4, -0.2) is 27.9 Å². The van der Waals surface area contributed by atoms with E-state index < -0.39 is 5.60 Å². The summed E-state index contributed by atoms with van der Waals surface area (Å²) in [5.74, 6) is 0.246. The Morgan fingerprint density at radius 2 is 1.83 bits per heavy atom. The second kappa shape index (κ2) is 5.72. The fourth-order valence-corrected chi connectivity index (χ4v) is 1.90. The van der Waals surface area contributed by atoms with Crippen LogP contribution in [0.3, 0.4) is 0 Å². The quantitative estimate of drug-likeness (QED) is 0.753.